The summed E-state index contributed by atoms with van der Waals surface area (Å²) in [6, 6.07) is 11.4. The van der Waals surface area contributed by atoms with E-state index in [1.807, 2.05) is 12.2 Å². The molecule has 1 aromatic heterocycles. The van der Waals surface area contributed by atoms with Crippen LogP contribution in [0.15, 0.2) is 41.2 Å². The normalized spacial score (nSPS) is 12.1. The molecule has 0 saturated carbocycles. The molecule has 0 aliphatic rings. The van der Waals surface area contributed by atoms with Crippen LogP contribution in [0.2, 0.25) is 0 Å². The summed E-state index contributed by atoms with van der Waals surface area (Å²) < 4.78 is 16.6. The molecule has 1 N–H and O–H groups in total. The first-order chi connectivity index (χ1) is 17.7. The number of aromatic nitrogens is 2. The Bertz CT molecular complexity index is 1240. The van der Waals surface area contributed by atoms with Gasteiger partial charge in [0.25, 0.3) is 5.56 Å². The highest BCUT2D eigenvalue weighted by Gasteiger charge is 2.14. The molecule has 5 nitrogen and oxygen atoms in total. The minimum atomic E-state index is -0.418. The molecule has 0 aliphatic carbocycles. The lowest BCUT2D eigenvalue weighted by Gasteiger charge is -2.18. The molecule has 37 heavy (non-hydrogen) atoms. The van der Waals surface area contributed by atoms with Crippen LogP contribution in [0.25, 0.3) is 23.1 Å². The summed E-state index contributed by atoms with van der Waals surface area (Å²) in [6.45, 7) is 17.1. The molecule has 200 valence electrons. The van der Waals surface area contributed by atoms with Crippen molar-refractivity contribution in [3.63, 3.8) is 0 Å². The van der Waals surface area contributed by atoms with Gasteiger partial charge >= 0.3 is 0 Å². The van der Waals surface area contributed by atoms with Gasteiger partial charge in [-0.1, -0.05) is 71.9 Å². The zero-order valence-corrected chi connectivity index (χ0v) is 23.4. The topological polar surface area (TPSA) is 50.2 Å². The number of hydrogen-bond donors (Lipinski definition) is 1. The summed E-state index contributed by atoms with van der Waals surface area (Å²) in [4.78, 5) is 20.6. The van der Waals surface area contributed by atoms with Crippen molar-refractivity contribution in [3.8, 4) is 0 Å². The van der Waals surface area contributed by atoms with E-state index in [1.165, 1.54) is 11.6 Å². The van der Waals surface area contributed by atoms with Crippen molar-refractivity contribution in [2.24, 2.45) is 5.92 Å². The number of anilines is 1. The number of fused-ring (bicyclic) bond motifs is 1. The minimum Gasteiger partial charge on any atom is -0.383 e. The summed E-state index contributed by atoms with van der Waals surface area (Å²) >= 11 is 0. The Kier molecular flexibility index (Phi) is 10.4. The molecule has 2 aromatic carbocycles. The van der Waals surface area contributed by atoms with Gasteiger partial charge in [-0.15, -0.1) is 0 Å². The third kappa shape index (κ3) is 7.75. The van der Waals surface area contributed by atoms with E-state index in [0.29, 0.717) is 47.3 Å². The van der Waals surface area contributed by atoms with Crippen molar-refractivity contribution in [1.82, 2.24) is 14.5 Å². The Morgan fingerprint density at radius 2 is 1.76 bits per heavy atom. The number of nitrogens with zero attached hydrogens (tertiary/aromatic N) is 3. The van der Waals surface area contributed by atoms with Gasteiger partial charge < -0.3 is 10.2 Å². The summed E-state index contributed by atoms with van der Waals surface area (Å²) in [7, 11) is 0. The predicted molar refractivity (Wildman–Crippen MR) is 156 cm³/mol. The first kappa shape index (κ1) is 28.6. The maximum Gasteiger partial charge on any atom is 0.261 e. The standard InChI is InChI=1S/C31H43FN4O/c1-7-35(8-2)18-9-17-33-29-21-28-26(20-27(29)32)31(37)36(19-16-22(3)4)30(34-28)15-12-24-10-13-25(14-11-24)23(5)6/h10-15,20-23,33H,7-9,16-19H2,1-6H3/b15-12+. The van der Waals surface area contributed by atoms with E-state index < -0.39 is 5.82 Å². The van der Waals surface area contributed by atoms with Gasteiger partial charge in [0.15, 0.2) is 0 Å². The number of rotatable bonds is 13. The molecule has 0 spiro atoms. The molecular formula is C31H43FN4O. The molecule has 1 heterocycles. The zero-order chi connectivity index (χ0) is 26.9. The van der Waals surface area contributed by atoms with Crippen molar-refractivity contribution in [1.29, 1.82) is 0 Å². The van der Waals surface area contributed by atoms with Gasteiger partial charge in [-0.2, -0.15) is 0 Å². The van der Waals surface area contributed by atoms with Crippen LogP contribution >= 0.6 is 0 Å². The predicted octanol–water partition coefficient (Wildman–Crippen LogP) is 7.02. The van der Waals surface area contributed by atoms with Crippen LogP contribution in [0.1, 0.15) is 77.3 Å². The average Bonchev–Trinajstić information content (AvgIpc) is 2.88. The van der Waals surface area contributed by atoms with E-state index in [-0.39, 0.29) is 5.56 Å². The van der Waals surface area contributed by atoms with Crippen molar-refractivity contribution in [3.05, 3.63) is 69.5 Å². The summed E-state index contributed by atoms with van der Waals surface area (Å²) in [6.07, 6.45) is 5.63. The Morgan fingerprint density at radius 1 is 1.05 bits per heavy atom. The smallest absolute Gasteiger partial charge is 0.261 e. The fraction of sp³-hybridized carbons (Fsp3) is 0.484. The van der Waals surface area contributed by atoms with Crippen molar-refractivity contribution >= 4 is 28.7 Å². The molecule has 0 atom stereocenters. The number of halogens is 1. The SMILES string of the molecule is CCN(CC)CCCNc1cc2nc(/C=C/c3ccc(C(C)C)cc3)n(CCC(C)C)c(=O)c2cc1F. The van der Waals surface area contributed by atoms with E-state index in [0.717, 1.165) is 38.0 Å². The van der Waals surface area contributed by atoms with Crippen LogP contribution < -0.4 is 10.9 Å². The first-order valence-electron chi connectivity index (χ1n) is 13.7. The average molecular weight is 507 g/mol. The molecule has 3 rings (SSSR count). The molecule has 3 aromatic rings. The molecule has 0 saturated heterocycles. The van der Waals surface area contributed by atoms with Gasteiger partial charge in [-0.05, 0) is 73.6 Å². The second-order valence-corrected chi connectivity index (χ2v) is 10.4. The minimum absolute atomic E-state index is 0.201. The van der Waals surface area contributed by atoms with E-state index >= 15 is 0 Å². The van der Waals surface area contributed by atoms with Gasteiger partial charge in [0.05, 0.1) is 16.6 Å². The first-order valence-corrected chi connectivity index (χ1v) is 13.7. The summed E-state index contributed by atoms with van der Waals surface area (Å²) in [5.74, 6) is 1.08. The molecule has 0 unspecified atom stereocenters. The maximum absolute atomic E-state index is 15.0. The number of nitrogens with one attached hydrogen (secondary N) is 1. The number of benzene rings is 2. The van der Waals surface area contributed by atoms with E-state index in [4.69, 9.17) is 4.98 Å². The van der Waals surface area contributed by atoms with Gasteiger partial charge in [-0.3, -0.25) is 9.36 Å². The Balaban J connectivity index is 1.93. The van der Waals surface area contributed by atoms with Crippen molar-refractivity contribution < 1.29 is 4.39 Å². The zero-order valence-electron chi connectivity index (χ0n) is 23.4. The third-order valence-corrected chi connectivity index (χ3v) is 6.89. The lowest BCUT2D eigenvalue weighted by atomic mass is 10.0. The highest BCUT2D eigenvalue weighted by atomic mass is 19.1. The van der Waals surface area contributed by atoms with Crippen LogP contribution in [-0.4, -0.2) is 40.6 Å². The fourth-order valence-electron chi connectivity index (χ4n) is 4.35. The molecule has 0 aliphatic heterocycles. The monoisotopic (exact) mass is 506 g/mol. The van der Waals surface area contributed by atoms with Crippen LogP contribution in [0, 0.1) is 11.7 Å². The largest absolute Gasteiger partial charge is 0.383 e. The summed E-state index contributed by atoms with van der Waals surface area (Å²) in [5, 5.41) is 3.52. The molecule has 0 bridgehead atoms. The maximum atomic E-state index is 15.0. The molecule has 0 fully saturated rings. The molecular weight excluding hydrogens is 463 g/mol. The van der Waals surface area contributed by atoms with Crippen molar-refractivity contribution in [2.45, 2.75) is 66.8 Å². The highest BCUT2D eigenvalue weighted by molar-refractivity contribution is 5.83. The second-order valence-electron chi connectivity index (χ2n) is 10.4. The Hall–Kier alpha value is -2.99. The molecule has 0 radical (unpaired) electrons. The Morgan fingerprint density at radius 3 is 2.38 bits per heavy atom. The second kappa shape index (κ2) is 13.5. The van der Waals surface area contributed by atoms with Crippen LogP contribution in [0.4, 0.5) is 10.1 Å². The van der Waals surface area contributed by atoms with E-state index in [9.17, 15) is 9.18 Å². The lowest BCUT2D eigenvalue weighted by Crippen LogP contribution is -2.26. The molecule has 6 heteroatoms. The van der Waals surface area contributed by atoms with E-state index in [2.05, 4.69) is 76.0 Å². The van der Waals surface area contributed by atoms with Crippen LogP contribution in [-0.2, 0) is 6.54 Å². The lowest BCUT2D eigenvalue weighted by molar-refractivity contribution is 0.303. The quantitative estimate of drug-likeness (QED) is 0.253. The van der Waals surface area contributed by atoms with Gasteiger partial charge in [0.1, 0.15) is 11.6 Å². The molecule has 0 amide bonds. The van der Waals surface area contributed by atoms with Gasteiger partial charge in [-0.25, -0.2) is 9.37 Å². The number of hydrogen-bond acceptors (Lipinski definition) is 4. The van der Waals surface area contributed by atoms with Gasteiger partial charge in [0.2, 0.25) is 0 Å². The van der Waals surface area contributed by atoms with E-state index in [1.54, 1.807) is 10.6 Å². The Labute approximate surface area is 221 Å². The third-order valence-electron chi connectivity index (χ3n) is 6.89. The fourth-order valence-corrected chi connectivity index (χ4v) is 4.35. The van der Waals surface area contributed by atoms with Crippen LogP contribution in [0.5, 0.6) is 0 Å². The van der Waals surface area contributed by atoms with Crippen molar-refractivity contribution in [2.75, 3.05) is 31.5 Å². The summed E-state index contributed by atoms with van der Waals surface area (Å²) in [5.41, 5.74) is 3.02. The van der Waals surface area contributed by atoms with Gasteiger partial charge in [0, 0.05) is 13.1 Å². The highest BCUT2D eigenvalue weighted by Crippen LogP contribution is 2.22. The van der Waals surface area contributed by atoms with Crippen LogP contribution in [0.3, 0.4) is 0 Å².